The summed E-state index contributed by atoms with van der Waals surface area (Å²) in [7, 11) is 1.40. The van der Waals surface area contributed by atoms with Gasteiger partial charge in [0, 0.05) is 19.3 Å². The van der Waals surface area contributed by atoms with Crippen molar-refractivity contribution >= 4 is 0 Å². The van der Waals surface area contributed by atoms with Gasteiger partial charge in [0.05, 0.1) is 0 Å². The fourth-order valence-corrected chi connectivity index (χ4v) is 0.178. The smallest absolute Gasteiger partial charge is 0.394 e. The number of allylic oxidation sites excluding steroid dienone is 1. The van der Waals surface area contributed by atoms with Gasteiger partial charge in [0.25, 0.3) is 0 Å². The summed E-state index contributed by atoms with van der Waals surface area (Å²) in [4.78, 5) is 0. The topological polar surface area (TPSA) is 12.0 Å². The summed E-state index contributed by atoms with van der Waals surface area (Å²) >= 11 is 0. The number of rotatable bonds is 1. The predicted molar refractivity (Wildman–Crippen MR) is 24.3 cm³/mol. The Morgan fingerprint density at radius 2 is 1.88 bits per heavy atom. The molecule has 0 rings (SSSR count). The van der Waals surface area contributed by atoms with Crippen LogP contribution in [0.5, 0.6) is 0 Å². The molecule has 0 radical (unpaired) electrons. The standard InChI is InChI=1S/C4H6F3N/c1-8-3-2-4(5,6)7/h2-3,8H,1H3/b3-2+. The SMILES string of the molecule is CN/C=C/C(F)(F)F. The van der Waals surface area contributed by atoms with Crippen LogP contribution in [-0.4, -0.2) is 13.2 Å². The first-order chi connectivity index (χ1) is 3.56. The van der Waals surface area contributed by atoms with E-state index in [0.717, 1.165) is 6.20 Å². The first-order valence-electron chi connectivity index (χ1n) is 1.98. The summed E-state index contributed by atoms with van der Waals surface area (Å²) in [6, 6.07) is 0. The molecule has 0 aromatic carbocycles. The summed E-state index contributed by atoms with van der Waals surface area (Å²) in [6.07, 6.45) is -3.23. The van der Waals surface area contributed by atoms with E-state index in [-0.39, 0.29) is 6.08 Å². The Hall–Kier alpha value is -0.670. The van der Waals surface area contributed by atoms with Crippen molar-refractivity contribution in [3.05, 3.63) is 12.3 Å². The minimum Gasteiger partial charge on any atom is -0.394 e. The molecular weight excluding hydrogens is 119 g/mol. The molecule has 0 saturated carbocycles. The molecule has 0 bridgehead atoms. The van der Waals surface area contributed by atoms with E-state index in [1.165, 1.54) is 7.05 Å². The summed E-state index contributed by atoms with van der Waals surface area (Å²) in [5, 5.41) is 2.22. The van der Waals surface area contributed by atoms with Gasteiger partial charge in [-0.3, -0.25) is 0 Å². The maximum atomic E-state index is 11.1. The number of hydrogen-bond acceptors (Lipinski definition) is 1. The predicted octanol–water partition coefficient (Wildman–Crippen LogP) is 1.28. The normalized spacial score (nSPS) is 12.5. The van der Waals surface area contributed by atoms with Crippen LogP contribution < -0.4 is 5.32 Å². The Kier molecular flexibility index (Phi) is 2.37. The monoisotopic (exact) mass is 125 g/mol. The molecule has 0 aliphatic rings. The second-order valence-corrected chi connectivity index (χ2v) is 1.16. The lowest BCUT2D eigenvalue weighted by Gasteiger charge is -1.95. The van der Waals surface area contributed by atoms with Gasteiger partial charge in [-0.15, -0.1) is 0 Å². The molecule has 1 nitrogen and oxygen atoms in total. The van der Waals surface area contributed by atoms with E-state index in [2.05, 4.69) is 5.32 Å². The van der Waals surface area contributed by atoms with Crippen LogP contribution in [0.3, 0.4) is 0 Å². The van der Waals surface area contributed by atoms with E-state index in [9.17, 15) is 13.2 Å². The average molecular weight is 125 g/mol. The van der Waals surface area contributed by atoms with E-state index in [1.807, 2.05) is 0 Å². The van der Waals surface area contributed by atoms with Crippen molar-refractivity contribution in [3.63, 3.8) is 0 Å². The molecule has 0 aromatic rings. The fourth-order valence-electron chi connectivity index (χ4n) is 0.178. The minimum absolute atomic E-state index is 0.132. The second-order valence-electron chi connectivity index (χ2n) is 1.16. The molecule has 0 saturated heterocycles. The highest BCUT2D eigenvalue weighted by Gasteiger charge is 2.21. The van der Waals surface area contributed by atoms with Crippen LogP contribution in [0.4, 0.5) is 13.2 Å². The molecule has 48 valence electrons. The molecular formula is C4H6F3N. The van der Waals surface area contributed by atoms with Crippen LogP contribution in [0.25, 0.3) is 0 Å². The highest BCUT2D eigenvalue weighted by Crippen LogP contribution is 2.14. The number of alkyl halides is 3. The lowest BCUT2D eigenvalue weighted by atomic mass is 10.6. The van der Waals surface area contributed by atoms with Crippen molar-refractivity contribution in [3.8, 4) is 0 Å². The molecule has 8 heavy (non-hydrogen) atoms. The fraction of sp³-hybridized carbons (Fsp3) is 0.500. The lowest BCUT2D eigenvalue weighted by molar-refractivity contribution is -0.0801. The van der Waals surface area contributed by atoms with Gasteiger partial charge in [0.2, 0.25) is 0 Å². The Labute approximate surface area is 45.2 Å². The van der Waals surface area contributed by atoms with Crippen LogP contribution in [0.1, 0.15) is 0 Å². The zero-order valence-electron chi connectivity index (χ0n) is 4.29. The van der Waals surface area contributed by atoms with E-state index in [1.54, 1.807) is 0 Å². The zero-order chi connectivity index (χ0) is 6.62. The van der Waals surface area contributed by atoms with E-state index >= 15 is 0 Å². The molecule has 0 fully saturated rings. The highest BCUT2D eigenvalue weighted by atomic mass is 19.4. The van der Waals surface area contributed by atoms with Crippen LogP contribution >= 0.6 is 0 Å². The van der Waals surface area contributed by atoms with Gasteiger partial charge in [-0.2, -0.15) is 13.2 Å². The van der Waals surface area contributed by atoms with Crippen LogP contribution in [0, 0.1) is 0 Å². The summed E-state index contributed by atoms with van der Waals surface area (Å²) in [5.74, 6) is 0. The molecule has 0 unspecified atom stereocenters. The highest BCUT2D eigenvalue weighted by molar-refractivity contribution is 4.85. The van der Waals surface area contributed by atoms with E-state index in [4.69, 9.17) is 0 Å². The molecule has 0 spiro atoms. The third kappa shape index (κ3) is 5.33. The Morgan fingerprint density at radius 1 is 1.38 bits per heavy atom. The van der Waals surface area contributed by atoms with Gasteiger partial charge >= 0.3 is 6.18 Å². The minimum atomic E-state index is -4.19. The Morgan fingerprint density at radius 3 is 2.00 bits per heavy atom. The van der Waals surface area contributed by atoms with Crippen molar-refractivity contribution in [2.24, 2.45) is 0 Å². The molecule has 0 amide bonds. The Bertz CT molecular complexity index is 83.8. The molecule has 0 aliphatic carbocycles. The maximum absolute atomic E-state index is 11.1. The van der Waals surface area contributed by atoms with Crippen molar-refractivity contribution in [2.75, 3.05) is 7.05 Å². The first-order valence-corrected chi connectivity index (χ1v) is 1.98. The van der Waals surface area contributed by atoms with Gasteiger partial charge in [-0.25, -0.2) is 0 Å². The average Bonchev–Trinajstić information content (AvgIpc) is 1.59. The van der Waals surface area contributed by atoms with Crippen LogP contribution in [-0.2, 0) is 0 Å². The van der Waals surface area contributed by atoms with Crippen LogP contribution in [0.2, 0.25) is 0 Å². The van der Waals surface area contributed by atoms with Gasteiger partial charge in [0.15, 0.2) is 0 Å². The van der Waals surface area contributed by atoms with Gasteiger partial charge < -0.3 is 5.32 Å². The first kappa shape index (κ1) is 7.33. The third-order valence-corrected chi connectivity index (χ3v) is 0.439. The molecule has 0 atom stereocenters. The van der Waals surface area contributed by atoms with Crippen molar-refractivity contribution in [1.29, 1.82) is 0 Å². The molecule has 0 heterocycles. The number of hydrogen-bond donors (Lipinski definition) is 1. The quantitative estimate of drug-likeness (QED) is 0.556. The summed E-state index contributed by atoms with van der Waals surface area (Å²) < 4.78 is 33.3. The zero-order valence-corrected chi connectivity index (χ0v) is 4.29. The molecule has 1 N–H and O–H groups in total. The van der Waals surface area contributed by atoms with Gasteiger partial charge in [-0.1, -0.05) is 0 Å². The molecule has 4 heteroatoms. The Balaban J connectivity index is 3.52. The lowest BCUT2D eigenvalue weighted by Crippen LogP contribution is -2.03. The third-order valence-electron chi connectivity index (χ3n) is 0.439. The van der Waals surface area contributed by atoms with Crippen molar-refractivity contribution in [2.45, 2.75) is 6.18 Å². The van der Waals surface area contributed by atoms with Gasteiger partial charge in [-0.05, 0) is 0 Å². The van der Waals surface area contributed by atoms with E-state index in [0.29, 0.717) is 0 Å². The van der Waals surface area contributed by atoms with Crippen molar-refractivity contribution < 1.29 is 13.2 Å². The summed E-state index contributed by atoms with van der Waals surface area (Å²) in [5.41, 5.74) is 0. The largest absolute Gasteiger partial charge is 0.411 e. The van der Waals surface area contributed by atoms with Crippen LogP contribution in [0.15, 0.2) is 12.3 Å². The van der Waals surface area contributed by atoms with Crippen molar-refractivity contribution in [1.82, 2.24) is 5.32 Å². The van der Waals surface area contributed by atoms with Gasteiger partial charge in [0.1, 0.15) is 0 Å². The number of halogens is 3. The number of nitrogens with one attached hydrogen (secondary N) is 1. The van der Waals surface area contributed by atoms with E-state index < -0.39 is 6.18 Å². The maximum Gasteiger partial charge on any atom is 0.411 e. The summed E-state index contributed by atoms with van der Waals surface area (Å²) in [6.45, 7) is 0. The molecule has 0 aliphatic heterocycles. The molecule has 0 aromatic heterocycles. The second kappa shape index (κ2) is 2.59.